The fourth-order valence-corrected chi connectivity index (χ4v) is 1.92. The number of hydrogen-bond acceptors (Lipinski definition) is 2. The van der Waals surface area contributed by atoms with E-state index in [2.05, 4.69) is 0 Å². The van der Waals surface area contributed by atoms with E-state index in [1.54, 1.807) is 11.3 Å². The van der Waals surface area contributed by atoms with Crippen molar-refractivity contribution in [1.82, 2.24) is 0 Å². The lowest BCUT2D eigenvalue weighted by Gasteiger charge is -1.97. The second-order valence-corrected chi connectivity index (χ2v) is 3.61. The Morgan fingerprint density at radius 3 is 2.92 bits per heavy atom. The minimum Gasteiger partial charge on any atom is -0.298 e. The summed E-state index contributed by atoms with van der Waals surface area (Å²) in [5, 5.41) is 2.53. The monoisotopic (exact) mass is 200 g/mol. The first-order valence-electron chi connectivity index (χ1n) is 3.67. The van der Waals surface area contributed by atoms with Gasteiger partial charge in [-0.15, -0.1) is 11.3 Å². The van der Waals surface area contributed by atoms with E-state index in [-0.39, 0.29) is 0 Å². The van der Waals surface area contributed by atoms with Crippen LogP contribution in [-0.2, 0) is 4.79 Å². The number of rotatable bonds is 3. The smallest absolute Gasteiger partial charge is 0.147 e. The third-order valence-electron chi connectivity index (χ3n) is 1.54. The van der Waals surface area contributed by atoms with Crippen molar-refractivity contribution in [3.05, 3.63) is 28.0 Å². The van der Waals surface area contributed by atoms with Gasteiger partial charge in [-0.2, -0.15) is 0 Å². The van der Waals surface area contributed by atoms with Gasteiger partial charge in [-0.25, -0.2) is 0 Å². The van der Waals surface area contributed by atoms with Crippen LogP contribution in [0.5, 0.6) is 0 Å². The number of aldehydes is 1. The largest absolute Gasteiger partial charge is 0.298 e. The summed E-state index contributed by atoms with van der Waals surface area (Å²) in [6, 6.07) is 3.83. The zero-order valence-corrected chi connectivity index (χ0v) is 8.28. The predicted octanol–water partition coefficient (Wildman–Crippen LogP) is 3.31. The highest BCUT2D eigenvalue weighted by Crippen LogP contribution is 2.27. The molecule has 0 aliphatic heterocycles. The first kappa shape index (κ1) is 9.49. The van der Waals surface area contributed by atoms with Gasteiger partial charge in [0, 0.05) is 10.5 Å². The molecule has 0 spiro atoms. The molecule has 64 valence electrons. The van der Waals surface area contributed by atoms with E-state index in [1.165, 1.54) is 0 Å². The fraction of sp³-hybridized carbons (Fsp3) is 0.222. The lowest BCUT2D eigenvalue weighted by molar-refractivity contribution is -0.104. The predicted molar refractivity (Wildman–Crippen MR) is 53.4 cm³/mol. The lowest BCUT2D eigenvalue weighted by atomic mass is 10.2. The van der Waals surface area contributed by atoms with Gasteiger partial charge >= 0.3 is 0 Å². The quantitative estimate of drug-likeness (QED) is 0.541. The fourth-order valence-electron chi connectivity index (χ4n) is 0.852. The van der Waals surface area contributed by atoms with Crippen molar-refractivity contribution in [2.45, 2.75) is 13.3 Å². The van der Waals surface area contributed by atoms with Crippen LogP contribution in [0.25, 0.3) is 5.03 Å². The number of carbonyl (C=O) groups excluding carboxylic acids is 1. The van der Waals surface area contributed by atoms with Crippen molar-refractivity contribution >= 4 is 34.3 Å². The summed E-state index contributed by atoms with van der Waals surface area (Å²) in [5.41, 5.74) is 0.666. The molecule has 0 bridgehead atoms. The molecule has 0 N–H and O–H groups in total. The van der Waals surface area contributed by atoms with Gasteiger partial charge < -0.3 is 0 Å². The Morgan fingerprint density at radius 2 is 2.50 bits per heavy atom. The molecular weight excluding hydrogens is 192 g/mol. The summed E-state index contributed by atoms with van der Waals surface area (Å²) in [6.07, 6.45) is 1.50. The summed E-state index contributed by atoms with van der Waals surface area (Å²) >= 11 is 7.51. The third-order valence-corrected chi connectivity index (χ3v) is 2.99. The number of hydrogen-bond donors (Lipinski definition) is 0. The highest BCUT2D eigenvalue weighted by molar-refractivity contribution is 7.12. The summed E-state index contributed by atoms with van der Waals surface area (Å²) in [4.78, 5) is 11.5. The van der Waals surface area contributed by atoms with Gasteiger partial charge in [0.2, 0.25) is 0 Å². The Hall–Kier alpha value is -0.600. The van der Waals surface area contributed by atoms with Crippen LogP contribution >= 0.6 is 22.9 Å². The van der Waals surface area contributed by atoms with Crippen molar-refractivity contribution in [2.75, 3.05) is 0 Å². The van der Waals surface area contributed by atoms with Crippen LogP contribution in [-0.4, -0.2) is 6.29 Å². The van der Waals surface area contributed by atoms with Crippen LogP contribution in [0.1, 0.15) is 18.2 Å². The molecule has 1 rings (SSSR count). The molecule has 1 heterocycles. The highest BCUT2D eigenvalue weighted by atomic mass is 35.5. The van der Waals surface area contributed by atoms with Crippen LogP contribution in [0, 0.1) is 0 Å². The molecule has 0 fully saturated rings. The molecule has 1 aromatic rings. The minimum atomic E-state index is 0.586. The Morgan fingerprint density at radius 1 is 1.75 bits per heavy atom. The van der Waals surface area contributed by atoms with Gasteiger partial charge in [0.25, 0.3) is 0 Å². The standard InChI is InChI=1S/C9H9ClOS/c1-2-7(6-11)9(10)8-4-3-5-12-8/h3-6H,2H2,1H3. The second kappa shape index (κ2) is 4.43. The molecule has 3 heteroatoms. The molecule has 0 saturated heterocycles. The summed E-state index contributed by atoms with van der Waals surface area (Å²) in [6.45, 7) is 1.92. The third kappa shape index (κ3) is 1.96. The number of halogens is 1. The van der Waals surface area contributed by atoms with E-state index >= 15 is 0 Å². The first-order valence-corrected chi connectivity index (χ1v) is 4.93. The molecular formula is C9H9ClOS. The van der Waals surface area contributed by atoms with E-state index in [1.807, 2.05) is 24.4 Å². The van der Waals surface area contributed by atoms with Gasteiger partial charge in [-0.3, -0.25) is 4.79 Å². The van der Waals surface area contributed by atoms with Gasteiger partial charge in [0.1, 0.15) is 6.29 Å². The number of allylic oxidation sites excluding steroid dienone is 1. The van der Waals surface area contributed by atoms with Crippen LogP contribution in [0.2, 0.25) is 0 Å². The Kier molecular flexibility index (Phi) is 3.50. The normalized spacial score (nSPS) is 12.5. The zero-order valence-electron chi connectivity index (χ0n) is 6.71. The van der Waals surface area contributed by atoms with E-state index in [0.717, 1.165) is 11.2 Å². The average Bonchev–Trinajstić information content (AvgIpc) is 2.58. The molecule has 0 radical (unpaired) electrons. The van der Waals surface area contributed by atoms with E-state index in [9.17, 15) is 4.79 Å². The molecule has 0 atom stereocenters. The van der Waals surface area contributed by atoms with Crippen LogP contribution in [0.15, 0.2) is 23.1 Å². The summed E-state index contributed by atoms with van der Waals surface area (Å²) in [5.74, 6) is 0. The van der Waals surface area contributed by atoms with E-state index in [4.69, 9.17) is 11.6 Å². The molecule has 0 aromatic carbocycles. The van der Waals surface area contributed by atoms with Crippen molar-refractivity contribution in [3.8, 4) is 0 Å². The lowest BCUT2D eigenvalue weighted by Crippen LogP contribution is -1.84. The maximum absolute atomic E-state index is 10.5. The average molecular weight is 201 g/mol. The maximum Gasteiger partial charge on any atom is 0.147 e. The van der Waals surface area contributed by atoms with Gasteiger partial charge in [0.15, 0.2) is 0 Å². The number of thiophene rings is 1. The Labute approximate surface area is 80.7 Å². The van der Waals surface area contributed by atoms with Gasteiger partial charge in [0.05, 0.1) is 5.03 Å². The Balaban J connectivity index is 3.02. The van der Waals surface area contributed by atoms with Crippen LogP contribution < -0.4 is 0 Å². The zero-order chi connectivity index (χ0) is 8.97. The van der Waals surface area contributed by atoms with Gasteiger partial charge in [-0.1, -0.05) is 24.6 Å². The molecule has 0 aliphatic carbocycles. The van der Waals surface area contributed by atoms with Crippen molar-refractivity contribution in [1.29, 1.82) is 0 Å². The molecule has 12 heavy (non-hydrogen) atoms. The van der Waals surface area contributed by atoms with Gasteiger partial charge in [-0.05, 0) is 17.9 Å². The minimum absolute atomic E-state index is 0.586. The summed E-state index contributed by atoms with van der Waals surface area (Å²) in [7, 11) is 0. The van der Waals surface area contributed by atoms with E-state index in [0.29, 0.717) is 17.0 Å². The molecule has 1 nitrogen and oxygen atoms in total. The molecule has 1 aromatic heterocycles. The van der Waals surface area contributed by atoms with E-state index < -0.39 is 0 Å². The topological polar surface area (TPSA) is 17.1 Å². The van der Waals surface area contributed by atoms with Crippen LogP contribution in [0.3, 0.4) is 0 Å². The molecule has 0 amide bonds. The summed E-state index contributed by atoms with van der Waals surface area (Å²) < 4.78 is 0. The van der Waals surface area contributed by atoms with Crippen molar-refractivity contribution < 1.29 is 4.79 Å². The molecule has 0 saturated carbocycles. The van der Waals surface area contributed by atoms with Crippen LogP contribution in [0.4, 0.5) is 0 Å². The Bertz CT molecular complexity index is 287. The first-order chi connectivity index (χ1) is 5.79. The van der Waals surface area contributed by atoms with Crippen molar-refractivity contribution in [3.63, 3.8) is 0 Å². The molecule has 0 unspecified atom stereocenters. The SMILES string of the molecule is CCC(C=O)=C(Cl)c1cccs1. The second-order valence-electron chi connectivity index (χ2n) is 2.29. The van der Waals surface area contributed by atoms with Crippen molar-refractivity contribution in [2.24, 2.45) is 0 Å². The maximum atomic E-state index is 10.5. The molecule has 0 aliphatic rings. The highest BCUT2D eigenvalue weighted by Gasteiger charge is 2.04. The number of carbonyl (C=O) groups is 1.